The molecule has 1 saturated carbocycles. The van der Waals surface area contributed by atoms with Gasteiger partial charge in [-0.2, -0.15) is 5.10 Å². The lowest BCUT2D eigenvalue weighted by molar-refractivity contribution is -0.000657. The molecule has 1 amide bonds. The molecule has 192 valence electrons. The Balaban J connectivity index is 1.40. The van der Waals surface area contributed by atoms with Gasteiger partial charge in [0.1, 0.15) is 0 Å². The van der Waals surface area contributed by atoms with E-state index in [1.165, 1.54) is 0 Å². The number of halogens is 1. The summed E-state index contributed by atoms with van der Waals surface area (Å²) in [7, 11) is 0. The van der Waals surface area contributed by atoms with Crippen LogP contribution < -0.4 is 5.32 Å². The van der Waals surface area contributed by atoms with Crippen LogP contribution in [0.15, 0.2) is 42.6 Å². The van der Waals surface area contributed by atoms with Gasteiger partial charge < -0.3 is 10.1 Å². The predicted molar refractivity (Wildman–Crippen MR) is 144 cm³/mol. The molecule has 2 aromatic carbocycles. The molecule has 7 heteroatoms. The first kappa shape index (κ1) is 26.4. The summed E-state index contributed by atoms with van der Waals surface area (Å²) in [6.07, 6.45) is 5.95. The molecule has 2 unspecified atom stereocenters. The van der Waals surface area contributed by atoms with Gasteiger partial charge in [0.25, 0.3) is 5.91 Å². The molecule has 1 aliphatic rings. The maximum atomic E-state index is 13.0. The number of amides is 1. The Morgan fingerprint density at radius 3 is 2.61 bits per heavy atom. The van der Waals surface area contributed by atoms with Crippen molar-refractivity contribution in [2.24, 2.45) is 11.8 Å². The second kappa shape index (κ2) is 11.1. The van der Waals surface area contributed by atoms with Crippen LogP contribution >= 0.6 is 11.6 Å². The normalized spacial score (nSPS) is 18.4. The molecule has 36 heavy (non-hydrogen) atoms. The SMILES string of the molecule is Cc1c(C(=O)NCCOC(C)(C)C)ccc2nn(CC3CCCC(C(=O)c4ccc(Cl)cc4)C3)cc12. The number of hydrogen-bond acceptors (Lipinski definition) is 4. The van der Waals surface area contributed by atoms with E-state index in [0.717, 1.165) is 54.3 Å². The van der Waals surface area contributed by atoms with Crippen LogP contribution in [0.25, 0.3) is 10.9 Å². The fourth-order valence-electron chi connectivity index (χ4n) is 5.05. The Kier molecular flexibility index (Phi) is 8.16. The monoisotopic (exact) mass is 509 g/mol. The van der Waals surface area contributed by atoms with Crippen LogP contribution in [0.4, 0.5) is 0 Å². The molecule has 3 aromatic rings. The minimum absolute atomic E-state index is 0.0363. The van der Waals surface area contributed by atoms with Crippen molar-refractivity contribution in [1.82, 2.24) is 15.1 Å². The number of nitrogens with one attached hydrogen (secondary N) is 1. The van der Waals surface area contributed by atoms with Crippen molar-refractivity contribution >= 4 is 34.2 Å². The zero-order chi connectivity index (χ0) is 25.9. The lowest BCUT2D eigenvalue weighted by Crippen LogP contribution is -2.31. The lowest BCUT2D eigenvalue weighted by Gasteiger charge is -2.28. The number of benzene rings is 2. The molecule has 0 saturated heterocycles. The molecule has 4 rings (SSSR count). The standard InChI is InChI=1S/C29H36ClN3O3/c1-19-24(28(35)31-14-15-36-29(2,3)4)12-13-26-25(19)18-33(32-26)17-20-6-5-7-22(16-20)27(34)21-8-10-23(30)11-9-21/h8-13,18,20,22H,5-7,14-17H2,1-4H3,(H,31,35). The van der Waals surface area contributed by atoms with Gasteiger partial charge in [-0.1, -0.05) is 18.0 Å². The number of fused-ring (bicyclic) bond motifs is 1. The van der Waals surface area contributed by atoms with E-state index in [2.05, 4.69) is 5.32 Å². The highest BCUT2D eigenvalue weighted by molar-refractivity contribution is 6.30. The number of hydrogen-bond donors (Lipinski definition) is 1. The van der Waals surface area contributed by atoms with E-state index in [9.17, 15) is 9.59 Å². The largest absolute Gasteiger partial charge is 0.374 e. The predicted octanol–water partition coefficient (Wildman–Crippen LogP) is 6.23. The number of aromatic nitrogens is 2. The fourth-order valence-corrected chi connectivity index (χ4v) is 5.17. The third-order valence-corrected chi connectivity index (χ3v) is 7.15. The average molecular weight is 510 g/mol. The minimum Gasteiger partial charge on any atom is -0.374 e. The summed E-state index contributed by atoms with van der Waals surface area (Å²) in [5.41, 5.74) is 2.97. The second-order valence-electron chi connectivity index (χ2n) is 10.8. The molecule has 1 aromatic heterocycles. The summed E-state index contributed by atoms with van der Waals surface area (Å²) < 4.78 is 7.67. The van der Waals surface area contributed by atoms with Crippen LogP contribution in [-0.4, -0.2) is 40.2 Å². The molecule has 1 N–H and O–H groups in total. The molecule has 0 spiro atoms. The highest BCUT2D eigenvalue weighted by Crippen LogP contribution is 2.33. The number of nitrogens with zero attached hydrogens (tertiary/aromatic N) is 2. The van der Waals surface area contributed by atoms with E-state index in [1.807, 2.05) is 62.8 Å². The first-order valence-corrected chi connectivity index (χ1v) is 13.2. The van der Waals surface area contributed by atoms with Gasteiger partial charge in [0, 0.05) is 46.7 Å². The van der Waals surface area contributed by atoms with E-state index in [-0.39, 0.29) is 23.2 Å². The van der Waals surface area contributed by atoms with Crippen LogP contribution in [0.3, 0.4) is 0 Å². The molecular weight excluding hydrogens is 474 g/mol. The van der Waals surface area contributed by atoms with Gasteiger partial charge >= 0.3 is 0 Å². The Bertz CT molecular complexity index is 1230. The van der Waals surface area contributed by atoms with Crippen molar-refractivity contribution in [2.45, 2.75) is 65.5 Å². The molecule has 1 fully saturated rings. The van der Waals surface area contributed by atoms with Gasteiger partial charge in [0.15, 0.2) is 5.78 Å². The zero-order valence-electron chi connectivity index (χ0n) is 21.6. The molecule has 1 heterocycles. The van der Waals surface area contributed by atoms with Gasteiger partial charge in [-0.15, -0.1) is 0 Å². The Hall–Kier alpha value is -2.70. The van der Waals surface area contributed by atoms with Crippen LogP contribution in [-0.2, 0) is 11.3 Å². The van der Waals surface area contributed by atoms with E-state index in [4.69, 9.17) is 21.4 Å². The lowest BCUT2D eigenvalue weighted by atomic mass is 9.78. The van der Waals surface area contributed by atoms with Crippen LogP contribution in [0.1, 0.15) is 72.7 Å². The van der Waals surface area contributed by atoms with Crippen molar-refractivity contribution in [3.05, 3.63) is 64.3 Å². The topological polar surface area (TPSA) is 73.2 Å². The van der Waals surface area contributed by atoms with Gasteiger partial charge in [-0.25, -0.2) is 0 Å². The summed E-state index contributed by atoms with van der Waals surface area (Å²) in [6, 6.07) is 11.0. The third-order valence-electron chi connectivity index (χ3n) is 6.90. The van der Waals surface area contributed by atoms with Gasteiger partial charge in [-0.3, -0.25) is 14.3 Å². The van der Waals surface area contributed by atoms with Crippen molar-refractivity contribution < 1.29 is 14.3 Å². The van der Waals surface area contributed by atoms with Crippen molar-refractivity contribution in [3.8, 4) is 0 Å². The fraction of sp³-hybridized carbons (Fsp3) is 0.483. The zero-order valence-corrected chi connectivity index (χ0v) is 22.4. The van der Waals surface area contributed by atoms with Crippen LogP contribution in [0, 0.1) is 18.8 Å². The highest BCUT2D eigenvalue weighted by atomic mass is 35.5. The molecule has 0 aliphatic heterocycles. The number of ketones is 1. The summed E-state index contributed by atoms with van der Waals surface area (Å²) in [5, 5.41) is 9.35. The van der Waals surface area contributed by atoms with Gasteiger partial charge in [0.05, 0.1) is 17.7 Å². The Morgan fingerprint density at radius 2 is 1.89 bits per heavy atom. The second-order valence-corrected chi connectivity index (χ2v) is 11.3. The van der Waals surface area contributed by atoms with Crippen molar-refractivity contribution in [2.75, 3.05) is 13.2 Å². The summed E-state index contributed by atoms with van der Waals surface area (Å²) in [4.78, 5) is 25.8. The number of carbonyl (C=O) groups is 2. The van der Waals surface area contributed by atoms with Gasteiger partial charge in [0.2, 0.25) is 0 Å². The average Bonchev–Trinajstić information content (AvgIpc) is 3.25. The van der Waals surface area contributed by atoms with E-state index in [1.54, 1.807) is 12.1 Å². The molecule has 0 radical (unpaired) electrons. The number of ether oxygens (including phenoxy) is 1. The molecule has 1 aliphatic carbocycles. The molecule has 0 bridgehead atoms. The quantitative estimate of drug-likeness (QED) is 0.288. The first-order valence-electron chi connectivity index (χ1n) is 12.8. The number of Topliss-reactive ketones (excluding diaryl/α,β-unsaturated/α-hetero) is 1. The van der Waals surface area contributed by atoms with E-state index < -0.39 is 0 Å². The number of carbonyl (C=O) groups excluding carboxylic acids is 2. The number of aryl methyl sites for hydroxylation is 1. The van der Waals surface area contributed by atoms with Crippen LogP contribution in [0.5, 0.6) is 0 Å². The summed E-state index contributed by atoms with van der Waals surface area (Å²) >= 11 is 5.98. The van der Waals surface area contributed by atoms with Gasteiger partial charge in [-0.05, 0) is 94.8 Å². The van der Waals surface area contributed by atoms with Crippen LogP contribution in [0.2, 0.25) is 5.02 Å². The maximum Gasteiger partial charge on any atom is 0.251 e. The molecule has 2 atom stereocenters. The third kappa shape index (κ3) is 6.54. The highest BCUT2D eigenvalue weighted by Gasteiger charge is 2.28. The maximum absolute atomic E-state index is 13.0. The van der Waals surface area contributed by atoms with E-state index >= 15 is 0 Å². The minimum atomic E-state index is -0.227. The van der Waals surface area contributed by atoms with Crippen molar-refractivity contribution in [1.29, 1.82) is 0 Å². The Morgan fingerprint density at radius 1 is 1.14 bits per heavy atom. The first-order chi connectivity index (χ1) is 17.1. The van der Waals surface area contributed by atoms with Crippen molar-refractivity contribution in [3.63, 3.8) is 0 Å². The smallest absolute Gasteiger partial charge is 0.251 e. The molecule has 6 nitrogen and oxygen atoms in total. The summed E-state index contributed by atoms with van der Waals surface area (Å²) in [5.74, 6) is 0.534. The summed E-state index contributed by atoms with van der Waals surface area (Å²) in [6.45, 7) is 9.66. The number of rotatable bonds is 8. The van der Waals surface area contributed by atoms with E-state index in [0.29, 0.717) is 29.7 Å². The Labute approximate surface area is 218 Å². The molecular formula is C29H36ClN3O3.